The summed E-state index contributed by atoms with van der Waals surface area (Å²) in [6.07, 6.45) is 8.58. The van der Waals surface area contributed by atoms with Gasteiger partial charge in [-0.05, 0) is 24.3 Å². The van der Waals surface area contributed by atoms with Crippen LogP contribution in [-0.2, 0) is 9.84 Å². The van der Waals surface area contributed by atoms with Crippen molar-refractivity contribution in [1.82, 2.24) is 24.8 Å². The summed E-state index contributed by atoms with van der Waals surface area (Å²) >= 11 is 0. The number of hydrogen-bond acceptors (Lipinski definition) is 10. The van der Waals surface area contributed by atoms with Crippen molar-refractivity contribution in [2.75, 3.05) is 36.2 Å². The Morgan fingerprint density at radius 1 is 1.12 bits per heavy atom. The summed E-state index contributed by atoms with van der Waals surface area (Å²) in [7, 11) is -3.37. The van der Waals surface area contributed by atoms with Gasteiger partial charge in [0, 0.05) is 44.6 Å². The highest BCUT2D eigenvalue weighted by Gasteiger charge is 2.30. The topological polar surface area (TPSA) is 131 Å². The van der Waals surface area contributed by atoms with Crippen molar-refractivity contribution >= 4 is 32.9 Å². The van der Waals surface area contributed by atoms with Crippen LogP contribution < -0.4 is 15.0 Å². The number of likely N-dealkylation sites (tertiary alicyclic amines) is 1. The average Bonchev–Trinajstić information content (AvgIpc) is 3.29. The van der Waals surface area contributed by atoms with E-state index in [1.807, 2.05) is 9.80 Å². The molecule has 0 radical (unpaired) electrons. The molecule has 3 aromatic rings. The van der Waals surface area contributed by atoms with Crippen LogP contribution in [0.15, 0.2) is 54.2 Å². The second-order valence-electron chi connectivity index (χ2n) is 8.12. The standard InChI is InChI=1S/C22H23N7O4S/c1-34(31,32)18-5-4-16(12-24-18)29-14-27-19-20(29)25-13-26-21(19)33-17-6-9-28(10-7-17)22(30)15-3-2-8-23-11-15/h2-5,8,11-13,17,27H,6-7,9-10,14H2,1H3. The normalized spacial score (nSPS) is 16.1. The molecular weight excluding hydrogens is 458 g/mol. The minimum absolute atomic E-state index is 0.0173. The maximum absolute atomic E-state index is 12.6. The van der Waals surface area contributed by atoms with Crippen molar-refractivity contribution in [3.05, 3.63) is 54.7 Å². The van der Waals surface area contributed by atoms with Crippen LogP contribution in [0, 0.1) is 0 Å². The van der Waals surface area contributed by atoms with Crippen LogP contribution in [0.5, 0.6) is 5.88 Å². The number of rotatable bonds is 5. The first kappa shape index (κ1) is 22.0. The molecule has 1 saturated heterocycles. The molecule has 2 aliphatic rings. The Morgan fingerprint density at radius 2 is 1.94 bits per heavy atom. The molecule has 5 rings (SSSR count). The molecule has 1 N–H and O–H groups in total. The van der Waals surface area contributed by atoms with Gasteiger partial charge in [0.1, 0.15) is 18.1 Å². The number of anilines is 3. The van der Waals surface area contributed by atoms with E-state index in [0.29, 0.717) is 61.2 Å². The molecule has 0 aromatic carbocycles. The Balaban J connectivity index is 1.26. The molecule has 0 atom stereocenters. The smallest absolute Gasteiger partial charge is 0.255 e. The fraction of sp³-hybridized carbons (Fsp3) is 0.318. The number of piperidine rings is 1. The number of aromatic nitrogens is 4. The van der Waals surface area contributed by atoms with E-state index in [4.69, 9.17) is 4.74 Å². The Bertz CT molecular complexity index is 1290. The zero-order valence-electron chi connectivity index (χ0n) is 18.5. The third-order valence-corrected chi connectivity index (χ3v) is 6.79. The van der Waals surface area contributed by atoms with Crippen LogP contribution in [-0.4, -0.2) is 71.3 Å². The highest BCUT2D eigenvalue weighted by atomic mass is 32.2. The number of hydrogen-bond donors (Lipinski definition) is 1. The lowest BCUT2D eigenvalue weighted by atomic mass is 10.1. The van der Waals surface area contributed by atoms with Crippen molar-refractivity contribution in [2.24, 2.45) is 0 Å². The van der Waals surface area contributed by atoms with Crippen LogP contribution >= 0.6 is 0 Å². The SMILES string of the molecule is CS(=O)(=O)c1ccc(N2CNc3c(OC4CCN(C(=O)c5cccnc5)CC4)ncnc32)cn1. The highest BCUT2D eigenvalue weighted by Crippen LogP contribution is 2.40. The van der Waals surface area contributed by atoms with Gasteiger partial charge in [0.15, 0.2) is 20.7 Å². The van der Waals surface area contributed by atoms with Crippen molar-refractivity contribution in [2.45, 2.75) is 24.0 Å². The minimum atomic E-state index is -3.37. The molecule has 2 aliphatic heterocycles. The number of nitrogens with zero attached hydrogens (tertiary/aromatic N) is 6. The van der Waals surface area contributed by atoms with E-state index in [0.717, 1.165) is 6.26 Å². The molecule has 0 bridgehead atoms. The highest BCUT2D eigenvalue weighted by molar-refractivity contribution is 7.90. The van der Waals surface area contributed by atoms with E-state index in [9.17, 15) is 13.2 Å². The van der Waals surface area contributed by atoms with Crippen molar-refractivity contribution in [3.63, 3.8) is 0 Å². The van der Waals surface area contributed by atoms with Crippen LogP contribution in [0.25, 0.3) is 0 Å². The van der Waals surface area contributed by atoms with E-state index in [-0.39, 0.29) is 17.0 Å². The van der Waals surface area contributed by atoms with Gasteiger partial charge in [-0.15, -0.1) is 0 Å². The first-order valence-corrected chi connectivity index (χ1v) is 12.7. The summed E-state index contributed by atoms with van der Waals surface area (Å²) in [6, 6.07) is 6.69. The molecule has 12 heteroatoms. The van der Waals surface area contributed by atoms with Crippen molar-refractivity contribution < 1.29 is 17.9 Å². The third-order valence-electron chi connectivity index (χ3n) is 5.79. The fourth-order valence-electron chi connectivity index (χ4n) is 4.01. The van der Waals surface area contributed by atoms with E-state index >= 15 is 0 Å². The molecular formula is C22H23N7O4S. The Kier molecular flexibility index (Phi) is 5.74. The summed E-state index contributed by atoms with van der Waals surface area (Å²) in [4.78, 5) is 33.1. The van der Waals surface area contributed by atoms with Crippen LogP contribution in [0.1, 0.15) is 23.2 Å². The molecule has 176 valence electrons. The van der Waals surface area contributed by atoms with E-state index in [1.165, 1.54) is 18.6 Å². The first-order chi connectivity index (χ1) is 16.4. The van der Waals surface area contributed by atoms with Gasteiger partial charge in [-0.3, -0.25) is 9.78 Å². The maximum atomic E-state index is 12.6. The van der Waals surface area contributed by atoms with E-state index in [2.05, 4.69) is 25.3 Å². The van der Waals surface area contributed by atoms with Gasteiger partial charge in [0.25, 0.3) is 5.91 Å². The molecule has 3 aromatic heterocycles. The Morgan fingerprint density at radius 3 is 2.62 bits per heavy atom. The lowest BCUT2D eigenvalue weighted by molar-refractivity contribution is 0.0589. The van der Waals surface area contributed by atoms with Gasteiger partial charge in [0.2, 0.25) is 5.88 Å². The maximum Gasteiger partial charge on any atom is 0.255 e. The summed E-state index contributed by atoms with van der Waals surface area (Å²) in [5.41, 5.74) is 1.95. The Hall–Kier alpha value is -3.80. The predicted molar refractivity (Wildman–Crippen MR) is 124 cm³/mol. The number of fused-ring (bicyclic) bond motifs is 1. The quantitative estimate of drug-likeness (QED) is 0.576. The molecule has 0 saturated carbocycles. The number of carbonyl (C=O) groups is 1. The number of sulfone groups is 1. The van der Waals surface area contributed by atoms with Gasteiger partial charge < -0.3 is 19.9 Å². The summed E-state index contributed by atoms with van der Waals surface area (Å²) in [5.74, 6) is 1.05. The number of nitrogens with one attached hydrogen (secondary N) is 1. The van der Waals surface area contributed by atoms with Crippen molar-refractivity contribution in [1.29, 1.82) is 0 Å². The number of ether oxygens (including phenoxy) is 1. The molecule has 0 unspecified atom stereocenters. The van der Waals surface area contributed by atoms with Crippen molar-refractivity contribution in [3.8, 4) is 5.88 Å². The van der Waals surface area contributed by atoms with E-state index in [1.54, 1.807) is 30.6 Å². The number of carbonyl (C=O) groups excluding carboxylic acids is 1. The molecule has 5 heterocycles. The second kappa shape index (κ2) is 8.86. The summed E-state index contributed by atoms with van der Waals surface area (Å²) in [6.45, 7) is 1.59. The summed E-state index contributed by atoms with van der Waals surface area (Å²) in [5, 5.41) is 3.28. The van der Waals surface area contributed by atoms with Crippen LogP contribution in [0.3, 0.4) is 0 Å². The van der Waals surface area contributed by atoms with E-state index < -0.39 is 9.84 Å². The van der Waals surface area contributed by atoms with Crippen LogP contribution in [0.4, 0.5) is 17.2 Å². The van der Waals surface area contributed by atoms with Gasteiger partial charge in [-0.2, -0.15) is 4.98 Å². The lowest BCUT2D eigenvalue weighted by Gasteiger charge is -2.32. The van der Waals surface area contributed by atoms with Crippen LogP contribution in [0.2, 0.25) is 0 Å². The average molecular weight is 482 g/mol. The zero-order valence-corrected chi connectivity index (χ0v) is 19.3. The molecule has 1 fully saturated rings. The minimum Gasteiger partial charge on any atom is -0.473 e. The first-order valence-electron chi connectivity index (χ1n) is 10.8. The predicted octanol–water partition coefficient (Wildman–Crippen LogP) is 1.87. The molecule has 11 nitrogen and oxygen atoms in total. The number of pyridine rings is 2. The monoisotopic (exact) mass is 481 g/mol. The molecule has 34 heavy (non-hydrogen) atoms. The molecule has 1 amide bonds. The fourth-order valence-corrected chi connectivity index (χ4v) is 4.57. The third kappa shape index (κ3) is 4.36. The number of amides is 1. The second-order valence-corrected chi connectivity index (χ2v) is 10.1. The zero-order chi connectivity index (χ0) is 23.7. The lowest BCUT2D eigenvalue weighted by Crippen LogP contribution is -2.41. The van der Waals surface area contributed by atoms with Gasteiger partial charge in [0.05, 0.1) is 24.1 Å². The summed E-state index contributed by atoms with van der Waals surface area (Å²) < 4.78 is 29.5. The largest absolute Gasteiger partial charge is 0.473 e. The van der Waals surface area contributed by atoms with Gasteiger partial charge in [-0.25, -0.2) is 18.4 Å². The Labute approximate surface area is 196 Å². The molecule has 0 aliphatic carbocycles. The van der Waals surface area contributed by atoms with Gasteiger partial charge in [-0.1, -0.05) is 0 Å². The van der Waals surface area contributed by atoms with Gasteiger partial charge >= 0.3 is 0 Å². The molecule has 0 spiro atoms.